The molecule has 5 atom stereocenters. The highest BCUT2D eigenvalue weighted by atomic mass is 19.1. The topological polar surface area (TPSA) is 3.24 Å². The zero-order valence-corrected chi connectivity index (χ0v) is 16.8. The normalized spacial score (nSPS) is 30.4. The zero-order valence-electron chi connectivity index (χ0n) is 16.8. The Labute approximate surface area is 176 Å². The van der Waals surface area contributed by atoms with E-state index in [0.717, 1.165) is 24.9 Å². The molecule has 2 heterocycles. The molecule has 1 nitrogen and oxygen atoms in total. The van der Waals surface area contributed by atoms with Gasteiger partial charge < -0.3 is 4.90 Å². The van der Waals surface area contributed by atoms with E-state index in [1.807, 2.05) is 18.2 Å². The second kappa shape index (κ2) is 6.07. The third-order valence-electron chi connectivity index (χ3n) is 7.97. The smallest absolute Gasteiger partial charge is 0.128 e. The van der Waals surface area contributed by atoms with Gasteiger partial charge in [-0.15, -0.1) is 0 Å². The van der Waals surface area contributed by atoms with Crippen molar-refractivity contribution >= 4 is 16.5 Å². The third-order valence-corrected chi connectivity index (χ3v) is 7.97. The molecule has 0 aromatic heterocycles. The van der Waals surface area contributed by atoms with Crippen molar-refractivity contribution in [2.45, 2.75) is 30.7 Å². The molecule has 3 aromatic rings. The van der Waals surface area contributed by atoms with Crippen molar-refractivity contribution in [3.63, 3.8) is 0 Å². The lowest BCUT2D eigenvalue weighted by Crippen LogP contribution is -2.46. The first kappa shape index (κ1) is 16.9. The van der Waals surface area contributed by atoms with E-state index in [2.05, 4.69) is 59.5 Å². The summed E-state index contributed by atoms with van der Waals surface area (Å²) < 4.78 is 15.1. The van der Waals surface area contributed by atoms with Crippen molar-refractivity contribution < 1.29 is 4.39 Å². The quantitative estimate of drug-likeness (QED) is 0.408. The zero-order chi connectivity index (χ0) is 19.8. The second-order valence-corrected chi connectivity index (χ2v) is 9.37. The summed E-state index contributed by atoms with van der Waals surface area (Å²) in [7, 11) is 0. The number of anilines is 1. The molecular formula is C28H24FN. The van der Waals surface area contributed by atoms with E-state index >= 15 is 4.39 Å². The van der Waals surface area contributed by atoms with Gasteiger partial charge in [0.2, 0.25) is 0 Å². The van der Waals surface area contributed by atoms with Crippen molar-refractivity contribution in [2.75, 3.05) is 11.4 Å². The van der Waals surface area contributed by atoms with E-state index in [-0.39, 0.29) is 11.9 Å². The molecule has 0 fully saturated rings. The van der Waals surface area contributed by atoms with Crippen molar-refractivity contribution in [3.05, 3.63) is 101 Å². The average molecular weight is 394 g/mol. The highest BCUT2D eigenvalue weighted by molar-refractivity contribution is 5.94. The Morgan fingerprint density at radius 2 is 1.63 bits per heavy atom. The summed E-state index contributed by atoms with van der Waals surface area (Å²) in [5.74, 6) is 1.76. The fourth-order valence-electron chi connectivity index (χ4n) is 6.80. The number of halogens is 1. The van der Waals surface area contributed by atoms with Crippen LogP contribution in [0.5, 0.6) is 0 Å². The van der Waals surface area contributed by atoms with E-state index in [1.165, 1.54) is 27.6 Å². The van der Waals surface area contributed by atoms with E-state index in [9.17, 15) is 0 Å². The standard InChI is InChI=1S/C28H24FN/c29-25-14-4-3-10-23(25)27-22-13-6-12-21(22)26-20-9-2-1-7-17(20)15-24-19-11-5-8-18(19)16-30(27)28(24)26/h1-7,9-12,14-15,18-19,21-22,27H,8,13,16H2/t18-,19+,21+,22+,27-/m1/s1. The van der Waals surface area contributed by atoms with Gasteiger partial charge in [-0.05, 0) is 58.7 Å². The largest absolute Gasteiger partial charge is 0.363 e. The molecule has 30 heavy (non-hydrogen) atoms. The van der Waals surface area contributed by atoms with Gasteiger partial charge in [0.15, 0.2) is 0 Å². The predicted octanol–water partition coefficient (Wildman–Crippen LogP) is 6.87. The number of hydrogen-bond donors (Lipinski definition) is 0. The van der Waals surface area contributed by atoms with Crippen LogP contribution < -0.4 is 4.90 Å². The number of nitrogens with zero attached hydrogens (tertiary/aromatic N) is 1. The molecule has 4 aliphatic rings. The molecule has 0 amide bonds. The Morgan fingerprint density at radius 1 is 0.833 bits per heavy atom. The second-order valence-electron chi connectivity index (χ2n) is 9.37. The van der Waals surface area contributed by atoms with Crippen LogP contribution in [0.1, 0.15) is 47.4 Å². The van der Waals surface area contributed by atoms with Gasteiger partial charge in [-0.1, -0.05) is 66.8 Å². The van der Waals surface area contributed by atoms with Crippen LogP contribution in [0.4, 0.5) is 10.1 Å². The summed E-state index contributed by atoms with van der Waals surface area (Å²) in [5.41, 5.74) is 5.19. The minimum Gasteiger partial charge on any atom is -0.363 e. The molecule has 2 aliphatic carbocycles. The molecule has 0 saturated carbocycles. The summed E-state index contributed by atoms with van der Waals surface area (Å²) in [5, 5.41) is 2.71. The highest BCUT2D eigenvalue weighted by Gasteiger charge is 2.48. The lowest BCUT2D eigenvalue weighted by atomic mass is 9.69. The Kier molecular flexibility index (Phi) is 3.42. The minimum absolute atomic E-state index is 0.0643. The maximum absolute atomic E-state index is 15.1. The van der Waals surface area contributed by atoms with Crippen molar-refractivity contribution in [2.24, 2.45) is 11.8 Å². The van der Waals surface area contributed by atoms with Crippen LogP contribution in [0.2, 0.25) is 0 Å². The van der Waals surface area contributed by atoms with E-state index in [1.54, 1.807) is 6.07 Å². The van der Waals surface area contributed by atoms with Crippen LogP contribution in [0.3, 0.4) is 0 Å². The predicted molar refractivity (Wildman–Crippen MR) is 120 cm³/mol. The maximum atomic E-state index is 15.1. The van der Waals surface area contributed by atoms with Gasteiger partial charge in [0.1, 0.15) is 5.82 Å². The van der Waals surface area contributed by atoms with E-state index < -0.39 is 0 Å². The van der Waals surface area contributed by atoms with Crippen LogP contribution in [0.15, 0.2) is 78.9 Å². The molecular weight excluding hydrogens is 369 g/mol. The molecule has 2 heteroatoms. The lowest BCUT2D eigenvalue weighted by Gasteiger charge is -2.51. The molecule has 7 rings (SSSR count). The van der Waals surface area contributed by atoms with Gasteiger partial charge >= 0.3 is 0 Å². The first-order valence-electron chi connectivity index (χ1n) is 11.2. The number of rotatable bonds is 1. The van der Waals surface area contributed by atoms with Crippen LogP contribution in [0.25, 0.3) is 10.8 Å². The molecule has 0 bridgehead atoms. The van der Waals surface area contributed by atoms with Gasteiger partial charge in [-0.25, -0.2) is 4.39 Å². The van der Waals surface area contributed by atoms with Gasteiger partial charge in [0.25, 0.3) is 0 Å². The number of allylic oxidation sites excluding steroid dienone is 4. The number of hydrogen-bond acceptors (Lipinski definition) is 1. The van der Waals surface area contributed by atoms with Crippen LogP contribution in [0, 0.1) is 17.7 Å². The Bertz CT molecular complexity index is 1240. The van der Waals surface area contributed by atoms with Gasteiger partial charge in [0, 0.05) is 29.6 Å². The molecule has 0 N–H and O–H groups in total. The van der Waals surface area contributed by atoms with Crippen molar-refractivity contribution in [1.29, 1.82) is 0 Å². The summed E-state index contributed by atoms with van der Waals surface area (Å²) in [6, 6.07) is 18.8. The third kappa shape index (κ3) is 2.12. The van der Waals surface area contributed by atoms with Crippen LogP contribution in [-0.2, 0) is 0 Å². The summed E-state index contributed by atoms with van der Waals surface area (Å²) in [6.45, 7) is 1.01. The molecule has 0 unspecified atom stereocenters. The van der Waals surface area contributed by atoms with Gasteiger partial charge in [-0.3, -0.25) is 0 Å². The maximum Gasteiger partial charge on any atom is 0.128 e. The first-order valence-corrected chi connectivity index (χ1v) is 11.2. The molecule has 0 radical (unpaired) electrons. The van der Waals surface area contributed by atoms with Crippen molar-refractivity contribution in [1.82, 2.24) is 0 Å². The molecule has 148 valence electrons. The Hall–Kier alpha value is -2.87. The number of benzene rings is 3. The van der Waals surface area contributed by atoms with Gasteiger partial charge in [-0.2, -0.15) is 0 Å². The summed E-state index contributed by atoms with van der Waals surface area (Å²) in [4.78, 5) is 2.60. The summed E-state index contributed by atoms with van der Waals surface area (Å²) in [6.07, 6.45) is 11.6. The van der Waals surface area contributed by atoms with Crippen molar-refractivity contribution in [3.8, 4) is 0 Å². The fraction of sp³-hybridized carbons (Fsp3) is 0.286. The Balaban J connectivity index is 1.56. The number of fused-ring (bicyclic) bond motifs is 6. The summed E-state index contributed by atoms with van der Waals surface area (Å²) >= 11 is 0. The molecule has 2 aliphatic heterocycles. The average Bonchev–Trinajstić information content (AvgIpc) is 3.44. The monoisotopic (exact) mass is 393 g/mol. The lowest BCUT2D eigenvalue weighted by molar-refractivity contribution is 0.329. The van der Waals surface area contributed by atoms with Crippen LogP contribution in [-0.4, -0.2) is 6.54 Å². The van der Waals surface area contributed by atoms with Gasteiger partial charge in [0.05, 0.1) is 6.04 Å². The van der Waals surface area contributed by atoms with E-state index in [0.29, 0.717) is 23.7 Å². The molecule has 0 saturated heterocycles. The first-order chi connectivity index (χ1) is 14.8. The highest BCUT2D eigenvalue weighted by Crippen LogP contribution is 2.60. The Morgan fingerprint density at radius 3 is 2.57 bits per heavy atom. The minimum atomic E-state index is -0.0643. The van der Waals surface area contributed by atoms with E-state index in [4.69, 9.17) is 0 Å². The molecule has 0 spiro atoms. The molecule has 3 aromatic carbocycles. The van der Waals surface area contributed by atoms with Crippen LogP contribution >= 0.6 is 0 Å². The fourth-order valence-corrected chi connectivity index (χ4v) is 6.80. The SMILES string of the molecule is Fc1ccccc1[C@H]1[C@H]2CC=C[C@@H]2c2c3c(cc4ccccc24)[C@H]2C=CC[C@@H]2CN31.